The molecule has 0 aliphatic carbocycles. The van der Waals surface area contributed by atoms with E-state index in [0.717, 1.165) is 0 Å². The fraction of sp³-hybridized carbons (Fsp3) is 0.500. The van der Waals surface area contributed by atoms with Crippen LogP contribution in [0.1, 0.15) is 76.3 Å². The number of aryl methyl sites for hydroxylation is 2. The van der Waals surface area contributed by atoms with Gasteiger partial charge in [0.05, 0.1) is 0 Å². The number of hydrogen-bond acceptors (Lipinski definition) is 2. The van der Waals surface area contributed by atoms with Crippen molar-refractivity contribution in [2.75, 3.05) is 0 Å². The molecule has 0 atom stereocenters. The van der Waals surface area contributed by atoms with Gasteiger partial charge < -0.3 is 0 Å². The molecule has 0 aliphatic rings. The molecule has 3 rings (SSSR count). The minimum atomic E-state index is 0.464. The molecule has 0 unspecified atom stereocenters. The van der Waals surface area contributed by atoms with Gasteiger partial charge in [0.2, 0.25) is 0 Å². The molecule has 0 saturated carbocycles. The third-order valence-electron chi connectivity index (χ3n) is 5.15. The van der Waals surface area contributed by atoms with Crippen molar-refractivity contribution in [3.8, 4) is 18.6 Å². The van der Waals surface area contributed by atoms with Gasteiger partial charge in [0.15, 0.2) is 0 Å². The van der Waals surface area contributed by atoms with Crippen molar-refractivity contribution in [2.24, 2.45) is 0 Å². The van der Waals surface area contributed by atoms with Gasteiger partial charge in [-0.1, -0.05) is 0 Å². The van der Waals surface area contributed by atoms with E-state index in [-0.39, 0.29) is 0 Å². The van der Waals surface area contributed by atoms with Crippen molar-refractivity contribution in [2.45, 2.75) is 78.1 Å². The van der Waals surface area contributed by atoms with Crippen molar-refractivity contribution in [3.05, 3.63) is 46.2 Å². The molecule has 27 heavy (non-hydrogen) atoms. The normalized spacial score (nSPS) is 11.3. The zero-order chi connectivity index (χ0) is 18.9. The Morgan fingerprint density at radius 2 is 1.11 bits per heavy atom. The Bertz CT molecular complexity index is 728. The first kappa shape index (κ1) is 21.1. The Labute approximate surface area is 179 Å². The Hall–Kier alpha value is -0.601. The molecule has 0 fully saturated rings. The number of hydrogen-bond donors (Lipinski definition) is 0. The maximum atomic E-state index is 2.41. The molecule has 3 heterocycles. The Kier molecular flexibility index (Phi) is 8.93. The summed E-state index contributed by atoms with van der Waals surface area (Å²) in [5.41, 5.74) is 3.18. The monoisotopic (exact) mass is 464 g/mol. The fourth-order valence-corrected chi connectivity index (χ4v) is 8.36. The van der Waals surface area contributed by atoms with Gasteiger partial charge >= 0.3 is 180 Å². The molecule has 0 radical (unpaired) electrons. The predicted molar refractivity (Wildman–Crippen MR) is 126 cm³/mol. The summed E-state index contributed by atoms with van der Waals surface area (Å²) >= 11 is 4.37. The summed E-state index contributed by atoms with van der Waals surface area (Å²) in [5, 5.41) is 4.59. The van der Waals surface area contributed by atoms with Crippen LogP contribution in [0.4, 0.5) is 0 Å². The first-order valence-electron chi connectivity index (χ1n) is 10.6. The zero-order valence-corrected chi connectivity index (χ0v) is 20.1. The number of rotatable bonds is 12. The first-order valence-corrected chi connectivity index (χ1v) is 14.0. The molecule has 0 bridgehead atoms. The summed E-state index contributed by atoms with van der Waals surface area (Å²) in [6.45, 7) is 4.58. The minimum absolute atomic E-state index is 0.464. The molecule has 3 aromatic heterocycles. The van der Waals surface area contributed by atoms with E-state index >= 15 is 0 Å². The second-order valence-corrected chi connectivity index (χ2v) is 11.4. The van der Waals surface area contributed by atoms with Gasteiger partial charge in [0.1, 0.15) is 0 Å². The van der Waals surface area contributed by atoms with E-state index in [9.17, 15) is 0 Å². The van der Waals surface area contributed by atoms with Gasteiger partial charge in [0.25, 0.3) is 0 Å². The quantitative estimate of drug-likeness (QED) is 0.187. The SMILES string of the molecule is CCCCCCc1ccsc1-c1ccc(-c2sccc2CCCCCC)[se]1. The van der Waals surface area contributed by atoms with Crippen LogP contribution in [0.15, 0.2) is 35.0 Å². The Morgan fingerprint density at radius 3 is 1.56 bits per heavy atom. The van der Waals surface area contributed by atoms with Crippen LogP contribution < -0.4 is 0 Å². The van der Waals surface area contributed by atoms with Crippen LogP contribution in [-0.2, 0) is 12.8 Å². The molecule has 3 aromatic rings. The van der Waals surface area contributed by atoms with Crippen LogP contribution in [-0.4, -0.2) is 14.5 Å². The summed E-state index contributed by atoms with van der Waals surface area (Å²) in [6.07, 6.45) is 13.3. The van der Waals surface area contributed by atoms with Crippen molar-refractivity contribution >= 4 is 37.2 Å². The van der Waals surface area contributed by atoms with Crippen LogP contribution in [0.2, 0.25) is 0 Å². The second kappa shape index (κ2) is 11.4. The van der Waals surface area contributed by atoms with Crippen LogP contribution in [0.5, 0.6) is 0 Å². The van der Waals surface area contributed by atoms with Gasteiger partial charge in [-0.25, -0.2) is 0 Å². The zero-order valence-electron chi connectivity index (χ0n) is 16.8. The number of unbranched alkanes of at least 4 members (excludes halogenated alkanes) is 6. The summed E-state index contributed by atoms with van der Waals surface area (Å²) in [4.78, 5) is 3.14. The van der Waals surface area contributed by atoms with E-state index in [0.29, 0.717) is 14.5 Å². The van der Waals surface area contributed by atoms with Gasteiger partial charge in [0, 0.05) is 0 Å². The van der Waals surface area contributed by atoms with E-state index in [1.807, 2.05) is 22.7 Å². The van der Waals surface area contributed by atoms with Crippen LogP contribution in [0, 0.1) is 0 Å². The molecular formula is C24H32S2Se. The molecule has 0 aliphatic heterocycles. The fourth-order valence-electron chi connectivity index (χ4n) is 3.56. The van der Waals surface area contributed by atoms with Gasteiger partial charge in [-0.3, -0.25) is 0 Å². The van der Waals surface area contributed by atoms with E-state index < -0.39 is 0 Å². The number of thiophene rings is 2. The molecular weight excluding hydrogens is 431 g/mol. The first-order chi connectivity index (χ1) is 13.3. The summed E-state index contributed by atoms with van der Waals surface area (Å²) in [5.74, 6) is 0. The second-order valence-electron chi connectivity index (χ2n) is 7.34. The van der Waals surface area contributed by atoms with Crippen LogP contribution in [0.3, 0.4) is 0 Å². The van der Waals surface area contributed by atoms with E-state index in [1.165, 1.54) is 64.2 Å². The molecule has 3 heteroatoms. The average Bonchev–Trinajstić information content (AvgIpc) is 3.42. The molecule has 0 amide bonds. The molecule has 0 saturated heterocycles. The molecule has 0 aromatic carbocycles. The Morgan fingerprint density at radius 1 is 0.630 bits per heavy atom. The van der Waals surface area contributed by atoms with Crippen molar-refractivity contribution in [1.82, 2.24) is 0 Å². The van der Waals surface area contributed by atoms with Crippen molar-refractivity contribution < 1.29 is 0 Å². The Balaban J connectivity index is 1.68. The summed E-state index contributed by atoms with van der Waals surface area (Å²) in [6, 6.07) is 9.56. The van der Waals surface area contributed by atoms with Crippen LogP contribution >= 0.6 is 22.7 Å². The van der Waals surface area contributed by atoms with Gasteiger partial charge in [-0.15, -0.1) is 0 Å². The third-order valence-corrected chi connectivity index (χ3v) is 10.1. The predicted octanol–water partition coefficient (Wildman–Crippen LogP) is 8.45. The molecule has 0 N–H and O–H groups in total. The van der Waals surface area contributed by atoms with E-state index in [1.54, 1.807) is 29.8 Å². The topological polar surface area (TPSA) is 0 Å². The summed E-state index contributed by atoms with van der Waals surface area (Å²) < 4.78 is 3.20. The maximum absolute atomic E-state index is 2.41. The van der Waals surface area contributed by atoms with Crippen molar-refractivity contribution in [3.63, 3.8) is 0 Å². The van der Waals surface area contributed by atoms with Crippen molar-refractivity contribution in [1.29, 1.82) is 0 Å². The van der Waals surface area contributed by atoms with E-state index in [4.69, 9.17) is 0 Å². The van der Waals surface area contributed by atoms with Gasteiger partial charge in [-0.05, 0) is 0 Å². The van der Waals surface area contributed by atoms with Gasteiger partial charge in [-0.2, -0.15) is 0 Å². The average molecular weight is 464 g/mol. The molecule has 0 nitrogen and oxygen atoms in total. The molecule has 146 valence electrons. The van der Waals surface area contributed by atoms with E-state index in [2.05, 4.69) is 48.9 Å². The third kappa shape index (κ3) is 5.94. The summed E-state index contributed by atoms with van der Waals surface area (Å²) in [7, 11) is 0. The van der Waals surface area contributed by atoms with Crippen LogP contribution in [0.25, 0.3) is 18.6 Å². The standard InChI is InChI=1S/C24H32S2Se/c1-3-5-7-9-11-19-15-17-25-23(19)21-13-14-22(27-21)24-20(16-18-26-24)12-10-8-6-4-2/h13-18H,3-12H2,1-2H3. The molecule has 0 spiro atoms.